The molecular weight excluding hydrogens is 272 g/mol. The van der Waals surface area contributed by atoms with Crippen LogP contribution in [0.3, 0.4) is 0 Å². The third-order valence-electron chi connectivity index (χ3n) is 4.02. The Balaban J connectivity index is 2.25. The molecule has 0 spiro atoms. The summed E-state index contributed by atoms with van der Waals surface area (Å²) in [5.41, 5.74) is 6.82. The standard InChI is InChI=1S/C15H22N2O4/c1-9-5-11(19-3)12(20-4)6-10(9)17-14(18)15(2)8-21-7-13(15)16/h5-6,13H,7-8,16H2,1-4H3,(H,17,18). The summed E-state index contributed by atoms with van der Waals surface area (Å²) in [6.07, 6.45) is 0. The van der Waals surface area contributed by atoms with Gasteiger partial charge in [0.25, 0.3) is 0 Å². The number of methoxy groups -OCH3 is 2. The van der Waals surface area contributed by atoms with Crippen molar-refractivity contribution in [1.29, 1.82) is 0 Å². The molecule has 0 saturated carbocycles. The third kappa shape index (κ3) is 2.82. The summed E-state index contributed by atoms with van der Waals surface area (Å²) in [7, 11) is 3.13. The van der Waals surface area contributed by atoms with Gasteiger partial charge in [-0.3, -0.25) is 4.79 Å². The molecule has 116 valence electrons. The normalized spacial score (nSPS) is 24.7. The van der Waals surface area contributed by atoms with Gasteiger partial charge >= 0.3 is 0 Å². The maximum absolute atomic E-state index is 12.5. The van der Waals surface area contributed by atoms with Crippen molar-refractivity contribution in [3.05, 3.63) is 17.7 Å². The molecule has 1 fully saturated rings. The number of hydrogen-bond donors (Lipinski definition) is 2. The lowest BCUT2D eigenvalue weighted by molar-refractivity contribution is -0.125. The first-order chi connectivity index (χ1) is 9.92. The lowest BCUT2D eigenvalue weighted by atomic mass is 9.84. The molecule has 1 amide bonds. The number of carbonyl (C=O) groups excluding carboxylic acids is 1. The first-order valence-corrected chi connectivity index (χ1v) is 6.79. The molecule has 0 bridgehead atoms. The van der Waals surface area contributed by atoms with Crippen molar-refractivity contribution in [2.45, 2.75) is 19.9 Å². The Bertz CT molecular complexity index is 547. The molecule has 3 N–H and O–H groups in total. The van der Waals surface area contributed by atoms with Gasteiger partial charge in [0.05, 0.1) is 32.8 Å². The van der Waals surface area contributed by atoms with Crippen LogP contribution >= 0.6 is 0 Å². The van der Waals surface area contributed by atoms with Gasteiger partial charge in [-0.15, -0.1) is 0 Å². The van der Waals surface area contributed by atoms with Gasteiger partial charge in [-0.05, 0) is 25.5 Å². The molecule has 1 aliphatic heterocycles. The number of rotatable bonds is 4. The molecule has 2 unspecified atom stereocenters. The molecule has 2 rings (SSSR count). The van der Waals surface area contributed by atoms with E-state index in [9.17, 15) is 4.79 Å². The maximum Gasteiger partial charge on any atom is 0.234 e. The van der Waals surface area contributed by atoms with Crippen LogP contribution < -0.4 is 20.5 Å². The predicted molar refractivity (Wildman–Crippen MR) is 79.8 cm³/mol. The molecule has 1 saturated heterocycles. The summed E-state index contributed by atoms with van der Waals surface area (Å²) < 4.78 is 15.8. The molecule has 0 aromatic heterocycles. The first-order valence-electron chi connectivity index (χ1n) is 6.79. The smallest absolute Gasteiger partial charge is 0.234 e. The van der Waals surface area contributed by atoms with Crippen molar-refractivity contribution in [1.82, 2.24) is 0 Å². The Morgan fingerprint density at radius 3 is 2.52 bits per heavy atom. The van der Waals surface area contributed by atoms with E-state index in [1.165, 1.54) is 0 Å². The number of benzene rings is 1. The SMILES string of the molecule is COc1cc(C)c(NC(=O)C2(C)COCC2N)cc1OC. The summed E-state index contributed by atoms with van der Waals surface area (Å²) in [5.74, 6) is 1.04. The fraction of sp³-hybridized carbons (Fsp3) is 0.533. The van der Waals surface area contributed by atoms with Crippen LogP contribution in [0.2, 0.25) is 0 Å². The monoisotopic (exact) mass is 294 g/mol. The minimum atomic E-state index is -0.723. The molecule has 1 aromatic carbocycles. The van der Waals surface area contributed by atoms with E-state index in [4.69, 9.17) is 19.9 Å². The number of amides is 1. The van der Waals surface area contributed by atoms with Crippen molar-refractivity contribution in [2.24, 2.45) is 11.1 Å². The van der Waals surface area contributed by atoms with E-state index in [-0.39, 0.29) is 11.9 Å². The van der Waals surface area contributed by atoms with Gasteiger partial charge in [-0.1, -0.05) is 0 Å². The zero-order chi connectivity index (χ0) is 15.6. The largest absolute Gasteiger partial charge is 0.493 e. The van der Waals surface area contributed by atoms with Crippen LogP contribution in [0.5, 0.6) is 11.5 Å². The van der Waals surface area contributed by atoms with Crippen LogP contribution in [-0.4, -0.2) is 39.4 Å². The van der Waals surface area contributed by atoms with Gasteiger partial charge in [0.1, 0.15) is 0 Å². The molecule has 1 aromatic rings. The van der Waals surface area contributed by atoms with E-state index in [1.54, 1.807) is 20.3 Å². The van der Waals surface area contributed by atoms with Crippen LogP contribution in [0.25, 0.3) is 0 Å². The summed E-state index contributed by atoms with van der Waals surface area (Å²) in [5, 5.41) is 2.91. The minimum Gasteiger partial charge on any atom is -0.493 e. The highest BCUT2D eigenvalue weighted by Crippen LogP contribution is 2.35. The number of nitrogens with two attached hydrogens (primary N) is 1. The van der Waals surface area contributed by atoms with Gasteiger partial charge in [0.15, 0.2) is 11.5 Å². The third-order valence-corrected chi connectivity index (χ3v) is 4.02. The molecular formula is C15H22N2O4. The second-order valence-corrected chi connectivity index (χ2v) is 5.52. The van der Waals surface area contributed by atoms with Gasteiger partial charge < -0.3 is 25.3 Å². The van der Waals surface area contributed by atoms with Crippen molar-refractivity contribution in [2.75, 3.05) is 32.8 Å². The lowest BCUT2D eigenvalue weighted by Gasteiger charge is -2.26. The zero-order valence-corrected chi connectivity index (χ0v) is 12.9. The van der Waals surface area contributed by atoms with Gasteiger partial charge in [0.2, 0.25) is 5.91 Å². The van der Waals surface area contributed by atoms with E-state index in [0.29, 0.717) is 30.4 Å². The van der Waals surface area contributed by atoms with Crippen molar-refractivity contribution < 1.29 is 19.0 Å². The zero-order valence-electron chi connectivity index (χ0n) is 12.9. The number of hydrogen-bond acceptors (Lipinski definition) is 5. The van der Waals surface area contributed by atoms with E-state index >= 15 is 0 Å². The number of anilines is 1. The molecule has 6 nitrogen and oxygen atoms in total. The van der Waals surface area contributed by atoms with Crippen molar-refractivity contribution in [3.8, 4) is 11.5 Å². The summed E-state index contributed by atoms with van der Waals surface area (Å²) in [6, 6.07) is 3.26. The van der Waals surface area contributed by atoms with Gasteiger partial charge in [-0.25, -0.2) is 0 Å². The lowest BCUT2D eigenvalue weighted by Crippen LogP contribution is -2.47. The second-order valence-electron chi connectivity index (χ2n) is 5.52. The van der Waals surface area contributed by atoms with Crippen LogP contribution in [0.15, 0.2) is 12.1 Å². The molecule has 1 heterocycles. The summed E-state index contributed by atoms with van der Waals surface area (Å²) in [4.78, 5) is 12.5. The van der Waals surface area contributed by atoms with Crippen LogP contribution in [0, 0.1) is 12.3 Å². The Morgan fingerprint density at radius 1 is 1.38 bits per heavy atom. The highest BCUT2D eigenvalue weighted by Gasteiger charge is 2.44. The average molecular weight is 294 g/mol. The Morgan fingerprint density at radius 2 is 2.00 bits per heavy atom. The topological polar surface area (TPSA) is 82.8 Å². The van der Waals surface area contributed by atoms with E-state index in [1.807, 2.05) is 19.9 Å². The molecule has 0 aliphatic carbocycles. The van der Waals surface area contributed by atoms with Crippen molar-refractivity contribution in [3.63, 3.8) is 0 Å². The highest BCUT2D eigenvalue weighted by atomic mass is 16.5. The molecule has 2 atom stereocenters. The predicted octanol–water partition coefficient (Wildman–Crippen LogP) is 1.31. The van der Waals surface area contributed by atoms with Crippen LogP contribution in [-0.2, 0) is 9.53 Å². The molecule has 1 aliphatic rings. The Hall–Kier alpha value is -1.79. The molecule has 21 heavy (non-hydrogen) atoms. The van der Waals surface area contributed by atoms with Crippen molar-refractivity contribution >= 4 is 11.6 Å². The number of aryl methyl sites for hydroxylation is 1. The summed E-state index contributed by atoms with van der Waals surface area (Å²) in [6.45, 7) is 4.43. The maximum atomic E-state index is 12.5. The quantitative estimate of drug-likeness (QED) is 0.875. The minimum absolute atomic E-state index is 0.150. The van der Waals surface area contributed by atoms with E-state index in [2.05, 4.69) is 5.32 Å². The summed E-state index contributed by atoms with van der Waals surface area (Å²) >= 11 is 0. The second kappa shape index (κ2) is 5.91. The fourth-order valence-electron chi connectivity index (χ4n) is 2.30. The van der Waals surface area contributed by atoms with Gasteiger partial charge in [0, 0.05) is 17.8 Å². The molecule has 6 heteroatoms. The number of carbonyl (C=O) groups is 1. The van der Waals surface area contributed by atoms with Crippen LogP contribution in [0.4, 0.5) is 5.69 Å². The number of nitrogens with one attached hydrogen (secondary N) is 1. The van der Waals surface area contributed by atoms with Gasteiger partial charge in [-0.2, -0.15) is 0 Å². The van der Waals surface area contributed by atoms with Crippen LogP contribution in [0.1, 0.15) is 12.5 Å². The number of ether oxygens (including phenoxy) is 3. The fourth-order valence-corrected chi connectivity index (χ4v) is 2.30. The van der Waals surface area contributed by atoms with E-state index in [0.717, 1.165) is 5.56 Å². The average Bonchev–Trinajstić information content (AvgIpc) is 2.81. The Labute approximate surface area is 124 Å². The first kappa shape index (κ1) is 15.6. The highest BCUT2D eigenvalue weighted by molar-refractivity contribution is 5.97. The molecule has 0 radical (unpaired) electrons. The van der Waals surface area contributed by atoms with E-state index < -0.39 is 5.41 Å². The Kier molecular flexibility index (Phi) is 4.39.